The summed E-state index contributed by atoms with van der Waals surface area (Å²) in [5, 5.41) is 4.05. The number of nitrogen functional groups attached to an aromatic ring is 1. The molecule has 0 aliphatic rings. The van der Waals surface area contributed by atoms with Crippen LogP contribution in [0, 0.1) is 0 Å². The molecule has 3 nitrogen and oxygen atoms in total. The van der Waals surface area contributed by atoms with Gasteiger partial charge in [0.05, 0.1) is 14.2 Å². The van der Waals surface area contributed by atoms with Crippen molar-refractivity contribution in [1.29, 1.82) is 0 Å². The summed E-state index contributed by atoms with van der Waals surface area (Å²) >= 11 is 0. The first-order chi connectivity index (χ1) is 9.26. The highest BCUT2D eigenvalue weighted by Gasteiger charge is 2.14. The van der Waals surface area contributed by atoms with E-state index in [0.29, 0.717) is 5.69 Å². The lowest BCUT2D eigenvalue weighted by Gasteiger charge is -2.15. The summed E-state index contributed by atoms with van der Waals surface area (Å²) in [6.07, 6.45) is 0. The lowest BCUT2D eigenvalue weighted by molar-refractivity contribution is 0.417. The molecule has 0 heterocycles. The number of nitrogens with two attached hydrogens (primary N) is 1. The first-order valence-electron chi connectivity index (χ1n) is 6.08. The van der Waals surface area contributed by atoms with E-state index in [4.69, 9.17) is 15.2 Å². The highest BCUT2D eigenvalue weighted by Crippen LogP contribution is 2.42. The van der Waals surface area contributed by atoms with Crippen molar-refractivity contribution in [3.8, 4) is 11.5 Å². The van der Waals surface area contributed by atoms with Gasteiger partial charge in [-0.2, -0.15) is 0 Å². The number of hydrogen-bond acceptors (Lipinski definition) is 3. The SMILES string of the molecule is COc1c2ccccc2c(OC)c2cc(N)ccc12. The molecule has 0 fully saturated rings. The van der Waals surface area contributed by atoms with Gasteiger partial charge in [-0.15, -0.1) is 0 Å². The maximum absolute atomic E-state index is 5.89. The Balaban J connectivity index is 2.60. The summed E-state index contributed by atoms with van der Waals surface area (Å²) in [7, 11) is 3.36. The molecule has 3 aromatic rings. The van der Waals surface area contributed by atoms with Crippen LogP contribution in [0.5, 0.6) is 11.5 Å². The van der Waals surface area contributed by atoms with E-state index in [2.05, 4.69) is 0 Å². The van der Waals surface area contributed by atoms with Gasteiger partial charge < -0.3 is 15.2 Å². The van der Waals surface area contributed by atoms with Crippen LogP contribution in [0.25, 0.3) is 21.5 Å². The van der Waals surface area contributed by atoms with Crippen LogP contribution in [0.4, 0.5) is 5.69 Å². The number of methoxy groups -OCH3 is 2. The fourth-order valence-corrected chi connectivity index (χ4v) is 2.56. The molecule has 0 aliphatic carbocycles. The largest absolute Gasteiger partial charge is 0.495 e. The quantitative estimate of drug-likeness (QED) is 0.560. The smallest absolute Gasteiger partial charge is 0.134 e. The second-order valence-electron chi connectivity index (χ2n) is 4.42. The molecule has 0 saturated carbocycles. The number of benzene rings is 3. The molecule has 0 atom stereocenters. The number of rotatable bonds is 2. The molecular formula is C16H15NO2. The van der Waals surface area contributed by atoms with E-state index in [1.165, 1.54) is 0 Å². The normalized spacial score (nSPS) is 10.8. The van der Waals surface area contributed by atoms with Crippen molar-refractivity contribution in [2.75, 3.05) is 20.0 Å². The van der Waals surface area contributed by atoms with Crippen molar-refractivity contribution in [3.05, 3.63) is 42.5 Å². The van der Waals surface area contributed by atoms with Crippen LogP contribution >= 0.6 is 0 Å². The van der Waals surface area contributed by atoms with E-state index in [1.807, 2.05) is 42.5 Å². The molecule has 0 aromatic heterocycles. The van der Waals surface area contributed by atoms with E-state index in [1.54, 1.807) is 14.2 Å². The molecule has 2 N–H and O–H groups in total. The second-order valence-corrected chi connectivity index (χ2v) is 4.42. The summed E-state index contributed by atoms with van der Waals surface area (Å²) in [4.78, 5) is 0. The van der Waals surface area contributed by atoms with Crippen LogP contribution in [-0.4, -0.2) is 14.2 Å². The Morgan fingerprint density at radius 1 is 0.737 bits per heavy atom. The van der Waals surface area contributed by atoms with Gasteiger partial charge in [0.2, 0.25) is 0 Å². The van der Waals surface area contributed by atoms with Crippen molar-refractivity contribution in [2.45, 2.75) is 0 Å². The zero-order chi connectivity index (χ0) is 13.4. The topological polar surface area (TPSA) is 44.5 Å². The zero-order valence-electron chi connectivity index (χ0n) is 10.9. The molecule has 0 aliphatic heterocycles. The molecule has 96 valence electrons. The van der Waals surface area contributed by atoms with Crippen LogP contribution in [-0.2, 0) is 0 Å². The monoisotopic (exact) mass is 253 g/mol. The summed E-state index contributed by atoms with van der Waals surface area (Å²) in [6, 6.07) is 13.8. The van der Waals surface area contributed by atoms with Gasteiger partial charge in [0.25, 0.3) is 0 Å². The molecule has 19 heavy (non-hydrogen) atoms. The first-order valence-corrected chi connectivity index (χ1v) is 6.08. The predicted molar refractivity (Wildman–Crippen MR) is 79.0 cm³/mol. The second kappa shape index (κ2) is 4.35. The van der Waals surface area contributed by atoms with Crippen molar-refractivity contribution in [1.82, 2.24) is 0 Å². The van der Waals surface area contributed by atoms with Gasteiger partial charge in [-0.25, -0.2) is 0 Å². The van der Waals surface area contributed by atoms with Gasteiger partial charge >= 0.3 is 0 Å². The van der Waals surface area contributed by atoms with Crippen LogP contribution in [0.1, 0.15) is 0 Å². The van der Waals surface area contributed by atoms with Crippen LogP contribution in [0.3, 0.4) is 0 Å². The number of ether oxygens (including phenoxy) is 2. The maximum Gasteiger partial charge on any atom is 0.134 e. The predicted octanol–water partition coefficient (Wildman–Crippen LogP) is 3.59. The van der Waals surface area contributed by atoms with Gasteiger partial charge in [-0.05, 0) is 18.2 Å². The van der Waals surface area contributed by atoms with Crippen LogP contribution in [0.2, 0.25) is 0 Å². The molecular weight excluding hydrogens is 238 g/mol. The third-order valence-corrected chi connectivity index (χ3v) is 3.36. The van der Waals surface area contributed by atoms with Gasteiger partial charge in [-0.3, -0.25) is 0 Å². The lowest BCUT2D eigenvalue weighted by Crippen LogP contribution is -1.94. The maximum atomic E-state index is 5.89. The minimum Gasteiger partial charge on any atom is -0.495 e. The van der Waals surface area contributed by atoms with Crippen LogP contribution in [0.15, 0.2) is 42.5 Å². The van der Waals surface area contributed by atoms with E-state index in [-0.39, 0.29) is 0 Å². The Morgan fingerprint density at radius 2 is 1.26 bits per heavy atom. The van der Waals surface area contributed by atoms with Gasteiger partial charge in [-0.1, -0.05) is 24.3 Å². The Labute approximate surface area is 111 Å². The molecule has 0 spiro atoms. The molecule has 0 bridgehead atoms. The molecule has 0 amide bonds. The summed E-state index contributed by atoms with van der Waals surface area (Å²) in [6.45, 7) is 0. The molecule has 3 heteroatoms. The zero-order valence-corrected chi connectivity index (χ0v) is 10.9. The van der Waals surface area contributed by atoms with Gasteiger partial charge in [0, 0.05) is 27.2 Å². The Bertz CT molecular complexity index is 765. The highest BCUT2D eigenvalue weighted by molar-refractivity contribution is 6.11. The third kappa shape index (κ3) is 1.66. The molecule has 0 unspecified atom stereocenters. The fraction of sp³-hybridized carbons (Fsp3) is 0.125. The molecule has 3 aromatic carbocycles. The average Bonchev–Trinajstić information content (AvgIpc) is 2.44. The van der Waals surface area contributed by atoms with Crippen molar-refractivity contribution < 1.29 is 9.47 Å². The minimum absolute atomic E-state index is 0.711. The number of anilines is 1. The fourth-order valence-electron chi connectivity index (χ4n) is 2.56. The Morgan fingerprint density at radius 3 is 1.84 bits per heavy atom. The average molecular weight is 253 g/mol. The van der Waals surface area contributed by atoms with E-state index in [0.717, 1.165) is 33.0 Å². The molecule has 0 saturated heterocycles. The summed E-state index contributed by atoms with van der Waals surface area (Å²) in [5.74, 6) is 1.69. The summed E-state index contributed by atoms with van der Waals surface area (Å²) in [5.41, 5.74) is 6.60. The minimum atomic E-state index is 0.711. The number of hydrogen-bond donors (Lipinski definition) is 1. The van der Waals surface area contributed by atoms with Crippen molar-refractivity contribution in [2.24, 2.45) is 0 Å². The van der Waals surface area contributed by atoms with E-state index in [9.17, 15) is 0 Å². The molecule has 0 radical (unpaired) electrons. The van der Waals surface area contributed by atoms with Crippen molar-refractivity contribution in [3.63, 3.8) is 0 Å². The van der Waals surface area contributed by atoms with Crippen molar-refractivity contribution >= 4 is 27.2 Å². The van der Waals surface area contributed by atoms with E-state index >= 15 is 0 Å². The van der Waals surface area contributed by atoms with E-state index < -0.39 is 0 Å². The number of fused-ring (bicyclic) bond motifs is 2. The Kier molecular flexibility index (Phi) is 2.67. The Hall–Kier alpha value is -2.42. The van der Waals surface area contributed by atoms with Gasteiger partial charge in [0.1, 0.15) is 11.5 Å². The third-order valence-electron chi connectivity index (χ3n) is 3.36. The van der Waals surface area contributed by atoms with Crippen LogP contribution < -0.4 is 15.2 Å². The molecule has 3 rings (SSSR count). The standard InChI is InChI=1S/C16H15NO2/c1-18-15-11-5-3-4-6-12(11)16(19-2)14-9-10(17)7-8-13(14)15/h3-9H,17H2,1-2H3. The highest BCUT2D eigenvalue weighted by atomic mass is 16.5. The first kappa shape index (κ1) is 11.7. The van der Waals surface area contributed by atoms with Gasteiger partial charge in [0.15, 0.2) is 0 Å². The lowest BCUT2D eigenvalue weighted by atomic mass is 10.00. The summed E-state index contributed by atoms with van der Waals surface area (Å²) < 4.78 is 11.2.